The summed E-state index contributed by atoms with van der Waals surface area (Å²) >= 11 is 3.46. The highest BCUT2D eigenvalue weighted by molar-refractivity contribution is 7.21. The number of nitrogens with one attached hydrogen (secondary N) is 1. The predicted molar refractivity (Wildman–Crippen MR) is 140 cm³/mol. The van der Waals surface area contributed by atoms with Crippen molar-refractivity contribution in [1.29, 1.82) is 0 Å². The number of hydrogen-bond donors (Lipinski definition) is 1. The van der Waals surface area contributed by atoms with Crippen molar-refractivity contribution in [2.75, 3.05) is 13.1 Å². The maximum absolute atomic E-state index is 13.3. The zero-order chi connectivity index (χ0) is 23.3. The number of nitrogens with zero attached hydrogens (tertiary/aromatic N) is 1. The Kier molecular flexibility index (Phi) is 7.45. The van der Waals surface area contributed by atoms with Crippen LogP contribution in [0.3, 0.4) is 0 Å². The number of amides is 2. The standard InChI is InChI=1S/C28H32N2O2S2/c31-27(29-19-22-11-12-26(34-22)25-10-5-17-33-25)23-8-4-9-24(23)28(32)30-15-13-21(14-16-30)18-20-6-2-1-3-7-20/h1-3,5-7,10-12,17,21,23-24H,4,8-9,13-16,18-19H2,(H,29,31). The van der Waals surface area contributed by atoms with Crippen molar-refractivity contribution in [2.45, 2.75) is 45.1 Å². The molecule has 2 aliphatic rings. The van der Waals surface area contributed by atoms with Crippen LogP contribution in [0, 0.1) is 17.8 Å². The van der Waals surface area contributed by atoms with Gasteiger partial charge in [-0.25, -0.2) is 0 Å². The Balaban J connectivity index is 1.12. The minimum atomic E-state index is -0.189. The highest BCUT2D eigenvalue weighted by atomic mass is 32.1. The van der Waals surface area contributed by atoms with Crippen molar-refractivity contribution in [2.24, 2.45) is 17.8 Å². The molecular weight excluding hydrogens is 460 g/mol. The zero-order valence-corrected chi connectivity index (χ0v) is 21.1. The van der Waals surface area contributed by atoms with Crippen molar-refractivity contribution >= 4 is 34.5 Å². The van der Waals surface area contributed by atoms with Gasteiger partial charge < -0.3 is 10.2 Å². The lowest BCUT2D eigenvalue weighted by Gasteiger charge is -2.34. The van der Waals surface area contributed by atoms with Gasteiger partial charge in [0.1, 0.15) is 0 Å². The molecule has 1 aliphatic carbocycles. The Morgan fingerprint density at radius 1 is 0.882 bits per heavy atom. The van der Waals surface area contributed by atoms with Crippen LogP contribution in [0.2, 0.25) is 0 Å². The lowest BCUT2D eigenvalue weighted by Crippen LogP contribution is -2.45. The molecule has 6 heteroatoms. The highest BCUT2D eigenvalue weighted by Crippen LogP contribution is 2.35. The molecule has 0 bridgehead atoms. The van der Waals surface area contributed by atoms with E-state index in [2.05, 4.69) is 65.3 Å². The van der Waals surface area contributed by atoms with E-state index in [0.29, 0.717) is 12.5 Å². The molecule has 0 spiro atoms. The molecule has 1 saturated carbocycles. The van der Waals surface area contributed by atoms with Crippen LogP contribution < -0.4 is 5.32 Å². The molecule has 178 valence electrons. The van der Waals surface area contributed by atoms with Crippen LogP contribution in [-0.4, -0.2) is 29.8 Å². The second kappa shape index (κ2) is 10.9. The summed E-state index contributed by atoms with van der Waals surface area (Å²) in [6, 6.07) is 19.0. The van der Waals surface area contributed by atoms with Gasteiger partial charge in [-0.05, 0) is 67.2 Å². The van der Waals surface area contributed by atoms with Crippen LogP contribution in [0.5, 0.6) is 0 Å². The SMILES string of the molecule is O=C(NCc1ccc(-c2cccs2)s1)C1CCCC1C(=O)N1CCC(Cc2ccccc2)CC1. The second-order valence-electron chi connectivity index (χ2n) is 9.56. The van der Waals surface area contributed by atoms with Crippen LogP contribution in [0.1, 0.15) is 42.5 Å². The molecule has 1 N–H and O–H groups in total. The minimum Gasteiger partial charge on any atom is -0.351 e. The minimum absolute atomic E-state index is 0.0425. The average molecular weight is 493 g/mol. The molecule has 2 aromatic heterocycles. The Labute approximate surface area is 210 Å². The Bertz CT molecular complexity index is 1080. The van der Waals surface area contributed by atoms with Crippen molar-refractivity contribution in [1.82, 2.24) is 10.2 Å². The molecule has 2 unspecified atom stereocenters. The first-order valence-corrected chi connectivity index (χ1v) is 14.1. The normalized spacial score (nSPS) is 21.0. The van der Waals surface area contributed by atoms with E-state index in [1.54, 1.807) is 22.7 Å². The third-order valence-corrected chi connectivity index (χ3v) is 9.48. The topological polar surface area (TPSA) is 49.4 Å². The van der Waals surface area contributed by atoms with Gasteiger partial charge in [-0.2, -0.15) is 0 Å². The van der Waals surface area contributed by atoms with Gasteiger partial charge in [0.25, 0.3) is 0 Å². The first-order valence-electron chi connectivity index (χ1n) is 12.4. The first-order chi connectivity index (χ1) is 16.7. The smallest absolute Gasteiger partial charge is 0.226 e. The van der Waals surface area contributed by atoms with E-state index in [1.165, 1.54) is 15.3 Å². The number of benzene rings is 1. The molecule has 2 amide bonds. The molecule has 1 saturated heterocycles. The maximum atomic E-state index is 13.3. The second-order valence-corrected chi connectivity index (χ2v) is 11.7. The van der Waals surface area contributed by atoms with Gasteiger partial charge in [0, 0.05) is 39.6 Å². The highest BCUT2D eigenvalue weighted by Gasteiger charge is 2.40. The van der Waals surface area contributed by atoms with E-state index < -0.39 is 0 Å². The van der Waals surface area contributed by atoms with Gasteiger partial charge in [-0.15, -0.1) is 22.7 Å². The van der Waals surface area contributed by atoms with Gasteiger partial charge in [0.2, 0.25) is 11.8 Å². The van der Waals surface area contributed by atoms with Gasteiger partial charge >= 0.3 is 0 Å². The number of carbonyl (C=O) groups is 2. The van der Waals surface area contributed by atoms with Crippen LogP contribution in [0.4, 0.5) is 0 Å². The van der Waals surface area contributed by atoms with Crippen LogP contribution in [0.15, 0.2) is 60.0 Å². The predicted octanol–water partition coefficient (Wildman–Crippen LogP) is 5.99. The van der Waals surface area contributed by atoms with Crippen molar-refractivity contribution < 1.29 is 9.59 Å². The molecule has 5 rings (SSSR count). The first kappa shape index (κ1) is 23.3. The molecule has 34 heavy (non-hydrogen) atoms. The Morgan fingerprint density at radius 2 is 1.68 bits per heavy atom. The Morgan fingerprint density at radius 3 is 2.44 bits per heavy atom. The lowest BCUT2D eigenvalue weighted by atomic mass is 9.88. The van der Waals surface area contributed by atoms with Gasteiger partial charge in [-0.3, -0.25) is 9.59 Å². The third kappa shape index (κ3) is 5.44. The summed E-state index contributed by atoms with van der Waals surface area (Å²) in [7, 11) is 0. The van der Waals surface area contributed by atoms with E-state index in [0.717, 1.165) is 56.5 Å². The van der Waals surface area contributed by atoms with Crippen molar-refractivity contribution in [3.8, 4) is 9.75 Å². The number of rotatable bonds is 7. The van der Waals surface area contributed by atoms with Crippen molar-refractivity contribution in [3.05, 3.63) is 70.4 Å². The molecule has 3 aromatic rings. The van der Waals surface area contributed by atoms with Crippen molar-refractivity contribution in [3.63, 3.8) is 0 Å². The fourth-order valence-electron chi connectivity index (χ4n) is 5.44. The van der Waals surface area contributed by atoms with E-state index in [4.69, 9.17) is 0 Å². The average Bonchev–Trinajstić information content (AvgIpc) is 3.65. The van der Waals surface area contributed by atoms with E-state index in [9.17, 15) is 9.59 Å². The maximum Gasteiger partial charge on any atom is 0.226 e. The van der Waals surface area contributed by atoms with Gasteiger partial charge in [0.15, 0.2) is 0 Å². The molecule has 2 atom stereocenters. The number of thiophene rings is 2. The molecule has 0 radical (unpaired) electrons. The number of hydrogen-bond acceptors (Lipinski definition) is 4. The van der Waals surface area contributed by atoms with Gasteiger partial charge in [-0.1, -0.05) is 42.8 Å². The van der Waals surface area contributed by atoms with Gasteiger partial charge in [0.05, 0.1) is 6.54 Å². The third-order valence-electron chi connectivity index (χ3n) is 7.33. The van der Waals surface area contributed by atoms with Crippen LogP contribution in [0.25, 0.3) is 9.75 Å². The molecule has 1 aromatic carbocycles. The van der Waals surface area contributed by atoms with E-state index >= 15 is 0 Å². The molecule has 1 aliphatic heterocycles. The summed E-state index contributed by atoms with van der Waals surface area (Å²) in [5, 5.41) is 5.21. The number of piperidine rings is 1. The molecule has 4 nitrogen and oxygen atoms in total. The summed E-state index contributed by atoms with van der Waals surface area (Å²) in [5.74, 6) is 0.536. The monoisotopic (exact) mass is 492 g/mol. The van der Waals surface area contributed by atoms with Crippen LogP contribution >= 0.6 is 22.7 Å². The molecular formula is C28H32N2O2S2. The summed E-state index contributed by atoms with van der Waals surface area (Å²) in [6.07, 6.45) is 5.80. The largest absolute Gasteiger partial charge is 0.351 e. The van der Waals surface area contributed by atoms with Crippen LogP contribution in [-0.2, 0) is 22.6 Å². The fraction of sp³-hybridized carbons (Fsp3) is 0.429. The summed E-state index contributed by atoms with van der Waals surface area (Å²) in [4.78, 5) is 32.1. The Hall–Kier alpha value is -2.44. The summed E-state index contributed by atoms with van der Waals surface area (Å²) < 4.78 is 0. The quantitative estimate of drug-likeness (QED) is 0.440. The number of likely N-dealkylation sites (tertiary alicyclic amines) is 1. The fourth-order valence-corrected chi connectivity index (χ4v) is 7.22. The van der Waals surface area contributed by atoms with E-state index in [-0.39, 0.29) is 23.7 Å². The number of carbonyl (C=O) groups excluding carboxylic acids is 2. The lowest BCUT2D eigenvalue weighted by molar-refractivity contribution is -0.142. The van der Waals surface area contributed by atoms with E-state index in [1.807, 2.05) is 4.90 Å². The molecule has 2 fully saturated rings. The zero-order valence-electron chi connectivity index (χ0n) is 19.4. The summed E-state index contributed by atoms with van der Waals surface area (Å²) in [5.41, 5.74) is 1.38. The summed E-state index contributed by atoms with van der Waals surface area (Å²) in [6.45, 7) is 2.18. The molecule has 3 heterocycles.